The standard InChI is InChI=1S/C36H34F3N7O/c37-27-12-25(13-28(15-27)47-10-9-45-6-1-2-7-45)31-19-41-20-34-29(31)16-33(42-34)35-30-14-24(3-4-32(30)43-44-35)26-11-23(17-40-18-26)21-46-8-5-36(38,39)22-46/h3-4,11-20,42H,1-2,5-10,21-22H2,(H,43,44). The van der Waals surface area contributed by atoms with Crippen LogP contribution in [-0.2, 0) is 6.54 Å². The van der Waals surface area contributed by atoms with E-state index in [9.17, 15) is 13.2 Å². The van der Waals surface area contributed by atoms with E-state index in [1.54, 1.807) is 29.7 Å². The van der Waals surface area contributed by atoms with Crippen molar-refractivity contribution in [2.45, 2.75) is 31.7 Å². The van der Waals surface area contributed by atoms with Crippen LogP contribution in [0.3, 0.4) is 0 Å². The Morgan fingerprint density at radius 3 is 2.53 bits per heavy atom. The van der Waals surface area contributed by atoms with Gasteiger partial charge in [-0.2, -0.15) is 5.10 Å². The number of pyridine rings is 2. The van der Waals surface area contributed by atoms with Gasteiger partial charge >= 0.3 is 0 Å². The number of benzene rings is 2. The van der Waals surface area contributed by atoms with Crippen LogP contribution in [0.15, 0.2) is 73.3 Å². The van der Waals surface area contributed by atoms with E-state index in [0.29, 0.717) is 31.0 Å². The zero-order chi connectivity index (χ0) is 32.0. The van der Waals surface area contributed by atoms with Gasteiger partial charge in [-0.05, 0) is 79.0 Å². The fourth-order valence-electron chi connectivity index (χ4n) is 6.84. The minimum atomic E-state index is -2.63. The van der Waals surface area contributed by atoms with E-state index in [0.717, 1.165) is 75.1 Å². The number of likely N-dealkylation sites (tertiary alicyclic amines) is 2. The fraction of sp³-hybridized carbons (Fsp3) is 0.306. The molecule has 6 aromatic rings. The molecule has 0 bridgehead atoms. The first-order chi connectivity index (χ1) is 22.9. The summed E-state index contributed by atoms with van der Waals surface area (Å²) >= 11 is 0. The Bertz CT molecular complexity index is 2070. The van der Waals surface area contributed by atoms with Crippen LogP contribution in [0, 0.1) is 5.82 Å². The van der Waals surface area contributed by atoms with Crippen LogP contribution in [0.5, 0.6) is 5.75 Å². The summed E-state index contributed by atoms with van der Waals surface area (Å²) in [5.41, 5.74) is 7.39. The number of aromatic amines is 2. The maximum Gasteiger partial charge on any atom is 0.261 e. The highest BCUT2D eigenvalue weighted by Crippen LogP contribution is 2.36. The Morgan fingerprint density at radius 2 is 1.68 bits per heavy atom. The molecule has 240 valence electrons. The van der Waals surface area contributed by atoms with Crippen molar-refractivity contribution in [2.24, 2.45) is 0 Å². The summed E-state index contributed by atoms with van der Waals surface area (Å²) in [4.78, 5) is 16.4. The molecule has 0 amide bonds. The number of aromatic nitrogens is 5. The van der Waals surface area contributed by atoms with E-state index >= 15 is 0 Å². The number of nitrogens with zero attached hydrogens (tertiary/aromatic N) is 5. The summed E-state index contributed by atoms with van der Waals surface area (Å²) in [6.45, 7) is 4.08. The largest absolute Gasteiger partial charge is 0.492 e. The van der Waals surface area contributed by atoms with Crippen LogP contribution < -0.4 is 4.74 Å². The molecule has 0 aliphatic carbocycles. The third-order valence-electron chi connectivity index (χ3n) is 9.20. The minimum Gasteiger partial charge on any atom is -0.492 e. The van der Waals surface area contributed by atoms with Crippen molar-refractivity contribution < 1.29 is 17.9 Å². The van der Waals surface area contributed by atoms with Crippen LogP contribution in [0.1, 0.15) is 24.8 Å². The van der Waals surface area contributed by atoms with E-state index in [1.807, 2.05) is 30.3 Å². The second kappa shape index (κ2) is 12.1. The lowest BCUT2D eigenvalue weighted by atomic mass is 10.0. The number of alkyl halides is 2. The quantitative estimate of drug-likeness (QED) is 0.173. The molecule has 0 spiro atoms. The normalized spacial score (nSPS) is 16.9. The Hall–Kier alpha value is -4.74. The van der Waals surface area contributed by atoms with E-state index in [1.165, 1.54) is 25.0 Å². The number of halogens is 3. The van der Waals surface area contributed by atoms with Crippen molar-refractivity contribution in [3.63, 3.8) is 0 Å². The molecular weight excluding hydrogens is 603 g/mol. The summed E-state index contributed by atoms with van der Waals surface area (Å²) < 4.78 is 48.3. The molecule has 2 aliphatic rings. The number of hydrogen-bond acceptors (Lipinski definition) is 6. The lowest BCUT2D eigenvalue weighted by molar-refractivity contribution is 0.0115. The summed E-state index contributed by atoms with van der Waals surface area (Å²) in [7, 11) is 0. The van der Waals surface area contributed by atoms with Gasteiger partial charge in [0.2, 0.25) is 0 Å². The van der Waals surface area contributed by atoms with Crippen LogP contribution >= 0.6 is 0 Å². The molecule has 11 heteroatoms. The van der Waals surface area contributed by atoms with Crippen molar-refractivity contribution in [1.82, 2.24) is 34.9 Å². The number of rotatable bonds is 9. The summed E-state index contributed by atoms with van der Waals surface area (Å²) in [5, 5.41) is 9.57. The Balaban J connectivity index is 1.08. The molecular formula is C36H34F3N7O. The highest BCUT2D eigenvalue weighted by atomic mass is 19.3. The SMILES string of the molecule is Fc1cc(OCCN2CCCC2)cc(-c2cncc3[nH]c(-c4n[nH]c5ccc(-c6cncc(CN7CCC(F)(F)C7)c6)cc45)cc23)c1. The molecule has 0 unspecified atom stereocenters. The average Bonchev–Trinajstić information content (AvgIpc) is 3.87. The predicted molar refractivity (Wildman–Crippen MR) is 176 cm³/mol. The van der Waals surface area contributed by atoms with Gasteiger partial charge in [-0.3, -0.25) is 24.9 Å². The highest BCUT2D eigenvalue weighted by Gasteiger charge is 2.38. The maximum absolute atomic E-state index is 14.8. The smallest absolute Gasteiger partial charge is 0.261 e. The zero-order valence-corrected chi connectivity index (χ0v) is 25.8. The van der Waals surface area contributed by atoms with Gasteiger partial charge in [0.15, 0.2) is 0 Å². The van der Waals surface area contributed by atoms with Crippen molar-refractivity contribution in [1.29, 1.82) is 0 Å². The Labute approximate surface area is 269 Å². The number of nitrogens with one attached hydrogen (secondary N) is 2. The topological polar surface area (TPSA) is 86.0 Å². The van der Waals surface area contributed by atoms with Gasteiger partial charge < -0.3 is 9.72 Å². The molecule has 47 heavy (non-hydrogen) atoms. The number of H-pyrrole nitrogens is 2. The molecule has 8 nitrogen and oxygen atoms in total. The van der Waals surface area contributed by atoms with Gasteiger partial charge in [0, 0.05) is 72.6 Å². The first-order valence-corrected chi connectivity index (χ1v) is 16.0. The zero-order valence-electron chi connectivity index (χ0n) is 25.8. The minimum absolute atomic E-state index is 0.109. The molecule has 2 aromatic carbocycles. The van der Waals surface area contributed by atoms with E-state index < -0.39 is 5.92 Å². The van der Waals surface area contributed by atoms with Crippen LogP contribution in [0.2, 0.25) is 0 Å². The lowest BCUT2D eigenvalue weighted by Crippen LogP contribution is -2.25. The molecule has 0 radical (unpaired) electrons. The second-order valence-corrected chi connectivity index (χ2v) is 12.6. The molecule has 2 aliphatic heterocycles. The average molecular weight is 638 g/mol. The monoisotopic (exact) mass is 637 g/mol. The molecule has 6 heterocycles. The number of ether oxygens (including phenoxy) is 1. The van der Waals surface area contributed by atoms with Crippen molar-refractivity contribution in [2.75, 3.05) is 39.3 Å². The predicted octanol–water partition coefficient (Wildman–Crippen LogP) is 7.29. The number of hydrogen-bond donors (Lipinski definition) is 2. The van der Waals surface area contributed by atoms with Gasteiger partial charge in [-0.25, -0.2) is 13.2 Å². The molecule has 4 aromatic heterocycles. The van der Waals surface area contributed by atoms with Gasteiger partial charge in [0.1, 0.15) is 23.9 Å². The van der Waals surface area contributed by atoms with Gasteiger partial charge in [-0.1, -0.05) is 6.07 Å². The molecule has 2 N–H and O–H groups in total. The Morgan fingerprint density at radius 1 is 0.809 bits per heavy atom. The second-order valence-electron chi connectivity index (χ2n) is 12.6. The third kappa shape index (κ3) is 6.20. The van der Waals surface area contributed by atoms with Gasteiger partial charge in [0.05, 0.1) is 29.5 Å². The van der Waals surface area contributed by atoms with E-state index in [4.69, 9.17) is 4.74 Å². The van der Waals surface area contributed by atoms with E-state index in [2.05, 4.69) is 36.1 Å². The molecule has 0 saturated carbocycles. The van der Waals surface area contributed by atoms with Crippen LogP contribution in [0.25, 0.3) is 55.4 Å². The van der Waals surface area contributed by atoms with E-state index in [-0.39, 0.29) is 18.8 Å². The maximum atomic E-state index is 14.8. The van der Waals surface area contributed by atoms with Crippen molar-refractivity contribution >= 4 is 21.8 Å². The van der Waals surface area contributed by atoms with Crippen molar-refractivity contribution in [3.8, 4) is 39.4 Å². The van der Waals surface area contributed by atoms with Crippen LogP contribution in [0.4, 0.5) is 13.2 Å². The molecule has 2 fully saturated rings. The Kier molecular flexibility index (Phi) is 7.65. The van der Waals surface area contributed by atoms with Crippen molar-refractivity contribution in [3.05, 3.63) is 84.7 Å². The first-order valence-electron chi connectivity index (χ1n) is 16.0. The van der Waals surface area contributed by atoms with Gasteiger partial charge in [-0.15, -0.1) is 0 Å². The highest BCUT2D eigenvalue weighted by molar-refractivity contribution is 6.01. The summed E-state index contributed by atoms with van der Waals surface area (Å²) in [5.74, 6) is -2.50. The molecule has 0 atom stereocenters. The van der Waals surface area contributed by atoms with Crippen LogP contribution in [-0.4, -0.2) is 80.2 Å². The molecule has 2 saturated heterocycles. The van der Waals surface area contributed by atoms with Gasteiger partial charge in [0.25, 0.3) is 5.92 Å². The lowest BCUT2D eigenvalue weighted by Gasteiger charge is -2.15. The third-order valence-corrected chi connectivity index (χ3v) is 9.20. The summed E-state index contributed by atoms with van der Waals surface area (Å²) in [6.07, 6.45) is 9.34. The molecule has 8 rings (SSSR count). The number of fused-ring (bicyclic) bond motifs is 2. The fourth-order valence-corrected chi connectivity index (χ4v) is 6.84. The summed E-state index contributed by atoms with van der Waals surface area (Å²) in [6, 6.07) is 14.8. The first kappa shape index (κ1) is 29.6.